The van der Waals surface area contributed by atoms with E-state index in [0.29, 0.717) is 25.3 Å². The molecule has 2 fully saturated rings. The maximum absolute atomic E-state index is 12.4. The molecule has 5 heteroatoms. The number of ketones is 1. The number of imide groups is 1. The Bertz CT molecular complexity index is 465. The standard InChI is InChI=1S/C17H28N2O3/c1-4-17(3,18)15(21)13-7-5-12(6-8-13)10-19-14(20)9-11(2)16(19)22/h11-13H,4-10,18H2,1-3H3. The Hall–Kier alpha value is -1.23. The molecule has 0 aromatic heterocycles. The highest BCUT2D eigenvalue weighted by Gasteiger charge is 2.39. The third-order valence-electron chi connectivity index (χ3n) is 5.43. The SMILES string of the molecule is CCC(C)(N)C(=O)C1CCC(CN2C(=O)CC(C)C2=O)CC1. The van der Waals surface area contributed by atoms with Crippen molar-refractivity contribution in [3.63, 3.8) is 0 Å². The summed E-state index contributed by atoms with van der Waals surface area (Å²) in [6.07, 6.45) is 4.42. The Morgan fingerprint density at radius 2 is 1.86 bits per heavy atom. The summed E-state index contributed by atoms with van der Waals surface area (Å²) in [6, 6.07) is 0. The van der Waals surface area contributed by atoms with E-state index >= 15 is 0 Å². The molecule has 2 aliphatic rings. The Morgan fingerprint density at radius 1 is 1.27 bits per heavy atom. The molecule has 124 valence electrons. The van der Waals surface area contributed by atoms with Crippen LogP contribution in [0.4, 0.5) is 0 Å². The average molecular weight is 308 g/mol. The van der Waals surface area contributed by atoms with Gasteiger partial charge >= 0.3 is 0 Å². The molecule has 0 spiro atoms. The van der Waals surface area contributed by atoms with Crippen LogP contribution >= 0.6 is 0 Å². The Kier molecular flexibility index (Phi) is 5.05. The zero-order valence-electron chi connectivity index (χ0n) is 13.9. The molecule has 0 bridgehead atoms. The number of nitrogens with zero attached hydrogens (tertiary/aromatic N) is 1. The second-order valence-corrected chi connectivity index (χ2v) is 7.30. The lowest BCUT2D eigenvalue weighted by atomic mass is 9.75. The number of likely N-dealkylation sites (tertiary alicyclic amines) is 1. The Morgan fingerprint density at radius 3 is 2.32 bits per heavy atom. The van der Waals surface area contributed by atoms with Gasteiger partial charge in [-0.2, -0.15) is 0 Å². The van der Waals surface area contributed by atoms with E-state index in [9.17, 15) is 14.4 Å². The first-order valence-corrected chi connectivity index (χ1v) is 8.43. The largest absolute Gasteiger partial charge is 0.319 e. The van der Waals surface area contributed by atoms with Crippen LogP contribution in [0.3, 0.4) is 0 Å². The van der Waals surface area contributed by atoms with E-state index in [1.165, 1.54) is 4.90 Å². The van der Waals surface area contributed by atoms with Crippen LogP contribution in [0, 0.1) is 17.8 Å². The summed E-state index contributed by atoms with van der Waals surface area (Å²) in [4.78, 5) is 37.6. The fourth-order valence-corrected chi connectivity index (χ4v) is 3.55. The van der Waals surface area contributed by atoms with Crippen molar-refractivity contribution < 1.29 is 14.4 Å². The highest BCUT2D eigenvalue weighted by molar-refractivity contribution is 6.03. The molecule has 2 unspecified atom stereocenters. The van der Waals surface area contributed by atoms with E-state index in [-0.39, 0.29) is 29.4 Å². The number of rotatable bonds is 5. The lowest BCUT2D eigenvalue weighted by molar-refractivity contribution is -0.140. The minimum atomic E-state index is -0.728. The van der Waals surface area contributed by atoms with Crippen molar-refractivity contribution >= 4 is 17.6 Å². The van der Waals surface area contributed by atoms with Crippen molar-refractivity contribution in [2.45, 2.75) is 64.8 Å². The van der Waals surface area contributed by atoms with Crippen LogP contribution in [-0.2, 0) is 14.4 Å². The second-order valence-electron chi connectivity index (χ2n) is 7.30. The van der Waals surface area contributed by atoms with Gasteiger partial charge in [-0.25, -0.2) is 0 Å². The van der Waals surface area contributed by atoms with Crippen LogP contribution in [0.15, 0.2) is 0 Å². The van der Waals surface area contributed by atoms with E-state index in [1.54, 1.807) is 0 Å². The lowest BCUT2D eigenvalue weighted by Gasteiger charge is -2.33. The summed E-state index contributed by atoms with van der Waals surface area (Å²) in [5.74, 6) is 0.270. The third kappa shape index (κ3) is 3.40. The minimum Gasteiger partial charge on any atom is -0.319 e. The van der Waals surface area contributed by atoms with Crippen LogP contribution in [-0.4, -0.2) is 34.6 Å². The van der Waals surface area contributed by atoms with Crippen molar-refractivity contribution in [1.29, 1.82) is 0 Å². The number of carbonyl (C=O) groups excluding carboxylic acids is 3. The van der Waals surface area contributed by atoms with Crippen LogP contribution in [0.2, 0.25) is 0 Å². The summed E-state index contributed by atoms with van der Waals surface area (Å²) in [5.41, 5.74) is 5.33. The molecule has 2 rings (SSSR count). The molecule has 1 aliphatic heterocycles. The number of nitrogens with two attached hydrogens (primary N) is 1. The summed E-state index contributed by atoms with van der Waals surface area (Å²) in [6.45, 7) is 6.08. The van der Waals surface area contributed by atoms with Crippen molar-refractivity contribution in [2.24, 2.45) is 23.5 Å². The Balaban J connectivity index is 1.87. The van der Waals surface area contributed by atoms with Crippen molar-refractivity contribution in [1.82, 2.24) is 4.90 Å². The molecular formula is C17H28N2O3. The number of amides is 2. The van der Waals surface area contributed by atoms with Crippen molar-refractivity contribution in [3.8, 4) is 0 Å². The molecule has 1 aliphatic carbocycles. The lowest BCUT2D eigenvalue weighted by Crippen LogP contribution is -2.48. The fraction of sp³-hybridized carbons (Fsp3) is 0.824. The molecule has 0 aromatic rings. The highest BCUT2D eigenvalue weighted by Crippen LogP contribution is 2.33. The predicted molar refractivity (Wildman–Crippen MR) is 83.8 cm³/mol. The van der Waals surface area contributed by atoms with Gasteiger partial charge in [0.25, 0.3) is 0 Å². The monoisotopic (exact) mass is 308 g/mol. The van der Waals surface area contributed by atoms with Gasteiger partial charge in [-0.15, -0.1) is 0 Å². The van der Waals surface area contributed by atoms with E-state index in [1.807, 2.05) is 20.8 Å². The molecule has 1 saturated heterocycles. The van der Waals surface area contributed by atoms with Crippen LogP contribution in [0.5, 0.6) is 0 Å². The first-order chi connectivity index (χ1) is 10.3. The van der Waals surface area contributed by atoms with Crippen LogP contribution in [0.1, 0.15) is 59.3 Å². The van der Waals surface area contributed by atoms with Crippen molar-refractivity contribution in [2.75, 3.05) is 6.54 Å². The van der Waals surface area contributed by atoms with Gasteiger partial charge < -0.3 is 5.73 Å². The first-order valence-electron chi connectivity index (χ1n) is 8.43. The smallest absolute Gasteiger partial charge is 0.232 e. The van der Waals surface area contributed by atoms with Gasteiger partial charge in [0, 0.05) is 24.8 Å². The molecule has 1 saturated carbocycles. The van der Waals surface area contributed by atoms with E-state index in [0.717, 1.165) is 25.7 Å². The minimum absolute atomic E-state index is 0.0371. The van der Waals surface area contributed by atoms with Gasteiger partial charge in [0.15, 0.2) is 5.78 Å². The van der Waals surface area contributed by atoms with Gasteiger partial charge in [0.1, 0.15) is 0 Å². The summed E-state index contributed by atoms with van der Waals surface area (Å²) < 4.78 is 0. The van der Waals surface area contributed by atoms with E-state index < -0.39 is 5.54 Å². The molecule has 22 heavy (non-hydrogen) atoms. The van der Waals surface area contributed by atoms with E-state index in [2.05, 4.69) is 0 Å². The number of hydrogen-bond acceptors (Lipinski definition) is 4. The molecule has 2 N–H and O–H groups in total. The van der Waals surface area contributed by atoms with Gasteiger partial charge in [0.2, 0.25) is 11.8 Å². The maximum Gasteiger partial charge on any atom is 0.232 e. The number of carbonyl (C=O) groups is 3. The topological polar surface area (TPSA) is 80.5 Å². The fourth-order valence-electron chi connectivity index (χ4n) is 3.55. The third-order valence-corrected chi connectivity index (χ3v) is 5.43. The summed E-state index contributed by atoms with van der Waals surface area (Å²) >= 11 is 0. The molecule has 5 nitrogen and oxygen atoms in total. The molecule has 2 atom stereocenters. The Labute approximate surface area is 132 Å². The van der Waals surface area contributed by atoms with Crippen molar-refractivity contribution in [3.05, 3.63) is 0 Å². The number of hydrogen-bond donors (Lipinski definition) is 1. The summed E-state index contributed by atoms with van der Waals surface area (Å²) in [5, 5.41) is 0. The second kappa shape index (κ2) is 6.49. The molecule has 0 radical (unpaired) electrons. The van der Waals surface area contributed by atoms with Gasteiger partial charge in [-0.1, -0.05) is 13.8 Å². The number of Topliss-reactive ketones (excluding diaryl/α,β-unsaturated/α-hetero) is 1. The quantitative estimate of drug-likeness (QED) is 0.786. The average Bonchev–Trinajstić information content (AvgIpc) is 2.73. The predicted octanol–water partition coefficient (Wildman–Crippen LogP) is 1.88. The van der Waals surface area contributed by atoms with Crippen LogP contribution < -0.4 is 5.73 Å². The normalized spacial score (nSPS) is 32.2. The molecule has 0 aromatic carbocycles. The van der Waals surface area contributed by atoms with Gasteiger partial charge in [0.05, 0.1) is 5.54 Å². The van der Waals surface area contributed by atoms with E-state index in [4.69, 9.17) is 5.73 Å². The molecule has 1 heterocycles. The van der Waals surface area contributed by atoms with Crippen LogP contribution in [0.25, 0.3) is 0 Å². The van der Waals surface area contributed by atoms with Gasteiger partial charge in [-0.05, 0) is 44.9 Å². The maximum atomic E-state index is 12.4. The first kappa shape index (κ1) is 17.1. The van der Waals surface area contributed by atoms with Gasteiger partial charge in [-0.3, -0.25) is 19.3 Å². The molecule has 2 amide bonds. The zero-order chi connectivity index (χ0) is 16.5. The molecular weight excluding hydrogens is 280 g/mol. The highest BCUT2D eigenvalue weighted by atomic mass is 16.2. The zero-order valence-corrected chi connectivity index (χ0v) is 13.9. The summed E-state index contributed by atoms with van der Waals surface area (Å²) in [7, 11) is 0.